The van der Waals surface area contributed by atoms with Crippen molar-refractivity contribution >= 4 is 0 Å². The Labute approximate surface area is 74.6 Å². The van der Waals surface area contributed by atoms with Crippen molar-refractivity contribution in [1.29, 1.82) is 0 Å². The standard InChI is InChI=1S/C8H9N3O2/c12-4-8-2-1-7(13-8)3-11-6-9-5-10-11/h1-2,5-6,12H,3-4H2. The smallest absolute Gasteiger partial charge is 0.137 e. The van der Waals surface area contributed by atoms with Crippen LogP contribution in [-0.2, 0) is 13.2 Å². The molecule has 0 aromatic carbocycles. The quantitative estimate of drug-likeness (QED) is 0.741. The fourth-order valence-corrected chi connectivity index (χ4v) is 1.07. The number of hydrogen-bond acceptors (Lipinski definition) is 4. The molecule has 2 rings (SSSR count). The molecule has 5 nitrogen and oxygen atoms in total. The first kappa shape index (κ1) is 8.00. The van der Waals surface area contributed by atoms with Crippen LogP contribution in [0.1, 0.15) is 11.5 Å². The molecule has 0 amide bonds. The molecule has 68 valence electrons. The van der Waals surface area contributed by atoms with Crippen LogP contribution in [0.15, 0.2) is 29.2 Å². The summed E-state index contributed by atoms with van der Waals surface area (Å²) in [6.07, 6.45) is 3.08. The van der Waals surface area contributed by atoms with Crippen molar-refractivity contribution in [2.24, 2.45) is 0 Å². The topological polar surface area (TPSA) is 64.1 Å². The molecular formula is C8H9N3O2. The summed E-state index contributed by atoms with van der Waals surface area (Å²) in [5.74, 6) is 1.32. The van der Waals surface area contributed by atoms with Crippen molar-refractivity contribution in [3.63, 3.8) is 0 Å². The summed E-state index contributed by atoms with van der Waals surface area (Å²) in [5.41, 5.74) is 0. The van der Waals surface area contributed by atoms with Gasteiger partial charge in [-0.15, -0.1) is 0 Å². The lowest BCUT2D eigenvalue weighted by Gasteiger charge is -1.95. The maximum absolute atomic E-state index is 8.75. The van der Waals surface area contributed by atoms with Crippen molar-refractivity contribution in [3.05, 3.63) is 36.3 Å². The Morgan fingerprint density at radius 2 is 2.23 bits per heavy atom. The van der Waals surface area contributed by atoms with Crippen LogP contribution in [-0.4, -0.2) is 19.9 Å². The Morgan fingerprint density at radius 3 is 2.85 bits per heavy atom. The highest BCUT2D eigenvalue weighted by atomic mass is 16.4. The van der Waals surface area contributed by atoms with Gasteiger partial charge >= 0.3 is 0 Å². The molecule has 0 saturated heterocycles. The number of hydrogen-bond donors (Lipinski definition) is 1. The van der Waals surface area contributed by atoms with E-state index in [1.165, 1.54) is 6.33 Å². The van der Waals surface area contributed by atoms with Gasteiger partial charge in [0.15, 0.2) is 0 Å². The van der Waals surface area contributed by atoms with Gasteiger partial charge in [0, 0.05) is 0 Å². The third-order valence-electron chi connectivity index (χ3n) is 1.66. The first-order valence-corrected chi connectivity index (χ1v) is 3.89. The molecule has 1 N–H and O–H groups in total. The molecule has 0 aliphatic carbocycles. The number of aromatic nitrogens is 3. The Hall–Kier alpha value is -1.62. The minimum atomic E-state index is -0.0721. The molecule has 0 unspecified atom stereocenters. The molecule has 2 heterocycles. The van der Waals surface area contributed by atoms with E-state index in [0.717, 1.165) is 5.76 Å². The Morgan fingerprint density at radius 1 is 1.38 bits per heavy atom. The van der Waals surface area contributed by atoms with Gasteiger partial charge in [-0.2, -0.15) is 5.10 Å². The number of rotatable bonds is 3. The van der Waals surface area contributed by atoms with Crippen molar-refractivity contribution in [2.45, 2.75) is 13.2 Å². The molecule has 13 heavy (non-hydrogen) atoms. The minimum absolute atomic E-state index is 0.0721. The number of furan rings is 1. The monoisotopic (exact) mass is 179 g/mol. The molecule has 0 bridgehead atoms. The van der Waals surface area contributed by atoms with E-state index in [4.69, 9.17) is 9.52 Å². The zero-order chi connectivity index (χ0) is 9.10. The first-order valence-electron chi connectivity index (χ1n) is 3.89. The fraction of sp³-hybridized carbons (Fsp3) is 0.250. The number of nitrogens with zero attached hydrogens (tertiary/aromatic N) is 3. The van der Waals surface area contributed by atoms with Gasteiger partial charge in [0.25, 0.3) is 0 Å². The van der Waals surface area contributed by atoms with E-state index < -0.39 is 0 Å². The van der Waals surface area contributed by atoms with Gasteiger partial charge in [-0.25, -0.2) is 9.67 Å². The molecular weight excluding hydrogens is 170 g/mol. The zero-order valence-electron chi connectivity index (χ0n) is 6.92. The molecule has 2 aromatic rings. The van der Waals surface area contributed by atoms with E-state index in [2.05, 4.69) is 10.1 Å². The van der Waals surface area contributed by atoms with Crippen LogP contribution in [0.25, 0.3) is 0 Å². The second-order valence-corrected chi connectivity index (χ2v) is 2.62. The van der Waals surface area contributed by atoms with Gasteiger partial charge in [0.2, 0.25) is 0 Å². The highest BCUT2D eigenvalue weighted by molar-refractivity contribution is 5.06. The molecule has 2 aromatic heterocycles. The van der Waals surface area contributed by atoms with Crippen molar-refractivity contribution in [3.8, 4) is 0 Å². The van der Waals surface area contributed by atoms with Crippen molar-refractivity contribution in [1.82, 2.24) is 14.8 Å². The Balaban J connectivity index is 2.10. The average Bonchev–Trinajstić information content (AvgIpc) is 2.76. The number of aliphatic hydroxyl groups is 1. The molecule has 0 radical (unpaired) electrons. The summed E-state index contributed by atoms with van der Waals surface area (Å²) in [7, 11) is 0. The number of aliphatic hydroxyl groups excluding tert-OH is 1. The van der Waals surface area contributed by atoms with E-state index in [9.17, 15) is 0 Å². The largest absolute Gasteiger partial charge is 0.462 e. The highest BCUT2D eigenvalue weighted by Crippen LogP contribution is 2.08. The minimum Gasteiger partial charge on any atom is -0.462 e. The molecule has 0 aliphatic rings. The normalized spacial score (nSPS) is 10.5. The van der Waals surface area contributed by atoms with Gasteiger partial charge in [-0.05, 0) is 12.1 Å². The van der Waals surface area contributed by atoms with Gasteiger partial charge in [-0.1, -0.05) is 0 Å². The van der Waals surface area contributed by atoms with Gasteiger partial charge in [0.05, 0.1) is 0 Å². The predicted octanol–water partition coefficient (Wildman–Crippen LogP) is 0.412. The van der Waals surface area contributed by atoms with Crippen molar-refractivity contribution < 1.29 is 9.52 Å². The lowest BCUT2D eigenvalue weighted by Crippen LogP contribution is -1.98. The van der Waals surface area contributed by atoms with Gasteiger partial charge in [0.1, 0.15) is 37.3 Å². The van der Waals surface area contributed by atoms with Crippen LogP contribution in [0.3, 0.4) is 0 Å². The highest BCUT2D eigenvalue weighted by Gasteiger charge is 2.01. The maximum Gasteiger partial charge on any atom is 0.137 e. The van der Waals surface area contributed by atoms with Gasteiger partial charge in [-0.3, -0.25) is 0 Å². The first-order chi connectivity index (χ1) is 6.38. The molecule has 0 spiro atoms. The summed E-state index contributed by atoms with van der Waals surface area (Å²) in [6.45, 7) is 0.470. The summed E-state index contributed by atoms with van der Waals surface area (Å²) in [5, 5.41) is 12.7. The Bertz CT molecular complexity index is 366. The second kappa shape index (κ2) is 3.40. The molecule has 0 saturated carbocycles. The second-order valence-electron chi connectivity index (χ2n) is 2.62. The predicted molar refractivity (Wildman–Crippen MR) is 43.8 cm³/mol. The summed E-state index contributed by atoms with van der Waals surface area (Å²) in [6, 6.07) is 3.56. The van der Waals surface area contributed by atoms with Crippen LogP contribution in [0.5, 0.6) is 0 Å². The molecule has 5 heteroatoms. The SMILES string of the molecule is OCc1ccc(Cn2cncn2)o1. The third kappa shape index (κ3) is 1.75. The lowest BCUT2D eigenvalue weighted by molar-refractivity contribution is 0.242. The third-order valence-corrected chi connectivity index (χ3v) is 1.66. The van der Waals surface area contributed by atoms with Crippen LogP contribution in [0, 0.1) is 0 Å². The fourth-order valence-electron chi connectivity index (χ4n) is 1.07. The van der Waals surface area contributed by atoms with Crippen LogP contribution in [0.2, 0.25) is 0 Å². The van der Waals surface area contributed by atoms with E-state index in [1.807, 2.05) is 6.07 Å². The average molecular weight is 179 g/mol. The van der Waals surface area contributed by atoms with E-state index >= 15 is 0 Å². The molecule has 0 aliphatic heterocycles. The van der Waals surface area contributed by atoms with E-state index in [1.54, 1.807) is 17.1 Å². The molecule has 0 fully saturated rings. The van der Waals surface area contributed by atoms with E-state index in [0.29, 0.717) is 12.3 Å². The summed E-state index contributed by atoms with van der Waals surface area (Å²) < 4.78 is 6.92. The zero-order valence-corrected chi connectivity index (χ0v) is 6.92. The summed E-state index contributed by atoms with van der Waals surface area (Å²) >= 11 is 0. The lowest BCUT2D eigenvalue weighted by atomic mass is 10.4. The van der Waals surface area contributed by atoms with E-state index in [-0.39, 0.29) is 6.61 Å². The maximum atomic E-state index is 8.75. The van der Waals surface area contributed by atoms with Crippen LogP contribution in [0.4, 0.5) is 0 Å². The molecule has 0 atom stereocenters. The van der Waals surface area contributed by atoms with Crippen LogP contribution < -0.4 is 0 Å². The Kier molecular flexibility index (Phi) is 2.09. The van der Waals surface area contributed by atoms with Crippen LogP contribution >= 0.6 is 0 Å². The van der Waals surface area contributed by atoms with Crippen molar-refractivity contribution in [2.75, 3.05) is 0 Å². The summed E-state index contributed by atoms with van der Waals surface area (Å²) in [4.78, 5) is 3.81. The van der Waals surface area contributed by atoms with Gasteiger partial charge < -0.3 is 9.52 Å².